The molecule has 0 aliphatic rings. The molecule has 1 rings (SSSR count). The molecule has 0 radical (unpaired) electrons. The standard InChI is InChI=1S/C8H10IO/c1-7-5-3-4-6-8(7)10-9-2/h3-6H,1-2H3/q-1. The molecule has 0 N–H and O–H groups in total. The SMILES string of the molecule is C[I-]Oc1ccccc1C. The van der Waals surface area contributed by atoms with E-state index in [1.165, 1.54) is 5.56 Å². The van der Waals surface area contributed by atoms with Gasteiger partial charge in [0.15, 0.2) is 0 Å². The summed E-state index contributed by atoms with van der Waals surface area (Å²) < 4.78 is 5.45. The third-order valence-electron chi connectivity index (χ3n) is 1.25. The van der Waals surface area contributed by atoms with E-state index in [1.54, 1.807) is 0 Å². The maximum atomic E-state index is 5.45. The van der Waals surface area contributed by atoms with Crippen molar-refractivity contribution < 1.29 is 24.7 Å². The quantitative estimate of drug-likeness (QED) is 0.483. The van der Waals surface area contributed by atoms with Gasteiger partial charge in [-0.05, 0) is 0 Å². The Kier molecular flexibility index (Phi) is 2.99. The molecular weight excluding hydrogens is 239 g/mol. The summed E-state index contributed by atoms with van der Waals surface area (Å²) in [6.45, 7) is 2.06. The van der Waals surface area contributed by atoms with E-state index in [0.717, 1.165) is 5.75 Å². The van der Waals surface area contributed by atoms with Crippen LogP contribution in [0, 0.1) is 6.92 Å². The molecule has 0 aliphatic heterocycles. The number of rotatable bonds is 2. The number of alkyl halides is 1. The normalized spacial score (nSPS) is 9.80. The fraction of sp³-hybridized carbons (Fsp3) is 0.250. The molecule has 56 valence electrons. The molecule has 1 aromatic rings. The fourth-order valence-corrected chi connectivity index (χ4v) is 1.69. The van der Waals surface area contributed by atoms with Crippen molar-refractivity contribution in [3.05, 3.63) is 29.8 Å². The molecular formula is C8H10IO-. The van der Waals surface area contributed by atoms with Crippen molar-refractivity contribution in [1.29, 1.82) is 0 Å². The first-order valence-corrected chi connectivity index (χ1v) is 6.10. The molecule has 1 aromatic carbocycles. The Labute approximate surface area is 72.2 Å². The van der Waals surface area contributed by atoms with Gasteiger partial charge in [-0.25, -0.2) is 0 Å². The zero-order valence-electron chi connectivity index (χ0n) is 6.10. The maximum absolute atomic E-state index is 5.45. The van der Waals surface area contributed by atoms with Crippen LogP contribution in [0.3, 0.4) is 0 Å². The van der Waals surface area contributed by atoms with E-state index < -0.39 is 0 Å². The monoisotopic (exact) mass is 249 g/mol. The summed E-state index contributed by atoms with van der Waals surface area (Å²) in [7, 11) is 0. The second kappa shape index (κ2) is 3.81. The summed E-state index contributed by atoms with van der Waals surface area (Å²) in [5.41, 5.74) is 1.23. The van der Waals surface area contributed by atoms with Crippen molar-refractivity contribution in [2.45, 2.75) is 6.92 Å². The molecule has 0 amide bonds. The van der Waals surface area contributed by atoms with Crippen LogP contribution < -0.4 is 24.7 Å². The molecule has 0 atom stereocenters. The molecule has 10 heavy (non-hydrogen) atoms. The second-order valence-electron chi connectivity index (χ2n) is 2.00. The van der Waals surface area contributed by atoms with Crippen LogP contribution in [0.1, 0.15) is 5.56 Å². The van der Waals surface area contributed by atoms with Gasteiger partial charge in [0, 0.05) is 0 Å². The van der Waals surface area contributed by atoms with Crippen LogP contribution in [0.4, 0.5) is 0 Å². The van der Waals surface area contributed by atoms with Gasteiger partial charge in [-0.1, -0.05) is 0 Å². The Morgan fingerprint density at radius 3 is 2.60 bits per heavy atom. The van der Waals surface area contributed by atoms with Crippen LogP contribution in [0.5, 0.6) is 5.75 Å². The van der Waals surface area contributed by atoms with E-state index in [2.05, 4.69) is 17.9 Å². The third kappa shape index (κ3) is 1.87. The predicted octanol–water partition coefficient (Wildman–Crippen LogP) is -0.992. The van der Waals surface area contributed by atoms with Crippen LogP contribution in [-0.2, 0) is 0 Å². The van der Waals surface area contributed by atoms with E-state index >= 15 is 0 Å². The van der Waals surface area contributed by atoms with Crippen LogP contribution in [0.2, 0.25) is 0 Å². The molecule has 0 spiro atoms. The summed E-state index contributed by atoms with van der Waals surface area (Å²) in [6, 6.07) is 8.10. The van der Waals surface area contributed by atoms with E-state index in [4.69, 9.17) is 3.07 Å². The number of hydrogen-bond acceptors (Lipinski definition) is 1. The molecule has 0 fully saturated rings. The first-order valence-electron chi connectivity index (χ1n) is 3.06. The van der Waals surface area contributed by atoms with E-state index in [0.29, 0.717) is 0 Å². The third-order valence-corrected chi connectivity index (χ3v) is 2.17. The van der Waals surface area contributed by atoms with Gasteiger partial charge in [0.25, 0.3) is 0 Å². The zero-order chi connectivity index (χ0) is 7.40. The van der Waals surface area contributed by atoms with Gasteiger partial charge < -0.3 is 0 Å². The van der Waals surface area contributed by atoms with Gasteiger partial charge in [0.1, 0.15) is 0 Å². The number of para-hydroxylation sites is 1. The van der Waals surface area contributed by atoms with Crippen molar-refractivity contribution in [2.75, 3.05) is 4.93 Å². The Hall–Kier alpha value is -0.250. The minimum atomic E-state index is -0.0880. The molecule has 0 saturated heterocycles. The fourth-order valence-electron chi connectivity index (χ4n) is 0.726. The van der Waals surface area contributed by atoms with Crippen molar-refractivity contribution in [3.8, 4) is 5.75 Å². The number of halogens is 1. The van der Waals surface area contributed by atoms with Gasteiger partial charge in [0.05, 0.1) is 0 Å². The molecule has 0 aliphatic carbocycles. The molecule has 0 aromatic heterocycles. The average molecular weight is 249 g/mol. The van der Waals surface area contributed by atoms with Crippen molar-refractivity contribution in [1.82, 2.24) is 0 Å². The number of hydrogen-bond donors (Lipinski definition) is 0. The van der Waals surface area contributed by atoms with Crippen LogP contribution in [0.25, 0.3) is 0 Å². The van der Waals surface area contributed by atoms with Crippen LogP contribution in [-0.4, -0.2) is 4.93 Å². The van der Waals surface area contributed by atoms with Crippen molar-refractivity contribution in [2.24, 2.45) is 0 Å². The predicted molar refractivity (Wildman–Crippen MR) is 37.7 cm³/mol. The van der Waals surface area contributed by atoms with Crippen LogP contribution in [0.15, 0.2) is 24.3 Å². The minimum absolute atomic E-state index is 0.0880. The van der Waals surface area contributed by atoms with Crippen LogP contribution >= 0.6 is 0 Å². The Balaban J connectivity index is 2.81. The van der Waals surface area contributed by atoms with E-state index in [1.807, 2.05) is 18.2 Å². The van der Waals surface area contributed by atoms with E-state index in [9.17, 15) is 0 Å². The van der Waals surface area contributed by atoms with E-state index in [-0.39, 0.29) is 21.6 Å². The summed E-state index contributed by atoms with van der Waals surface area (Å²) in [5, 5.41) is 0. The summed E-state index contributed by atoms with van der Waals surface area (Å²) in [4.78, 5) is 2.10. The summed E-state index contributed by atoms with van der Waals surface area (Å²) in [6.07, 6.45) is 0. The molecule has 1 nitrogen and oxygen atoms in total. The first-order chi connectivity index (χ1) is 4.84. The molecule has 0 bridgehead atoms. The molecule has 0 heterocycles. The molecule has 0 saturated carbocycles. The number of benzene rings is 1. The Bertz CT molecular complexity index is 210. The molecule has 0 unspecified atom stereocenters. The Morgan fingerprint density at radius 1 is 1.30 bits per heavy atom. The first kappa shape index (κ1) is 7.85. The summed E-state index contributed by atoms with van der Waals surface area (Å²) >= 11 is -0.0880. The van der Waals surface area contributed by atoms with Gasteiger partial charge in [-0.2, -0.15) is 0 Å². The van der Waals surface area contributed by atoms with Gasteiger partial charge in [0.2, 0.25) is 0 Å². The van der Waals surface area contributed by atoms with Crippen molar-refractivity contribution in [3.63, 3.8) is 0 Å². The number of aryl methyl sites for hydroxylation is 1. The van der Waals surface area contributed by atoms with Crippen molar-refractivity contribution >= 4 is 0 Å². The second-order valence-corrected chi connectivity index (χ2v) is 3.32. The zero-order valence-corrected chi connectivity index (χ0v) is 8.25. The molecule has 2 heteroatoms. The summed E-state index contributed by atoms with van der Waals surface area (Å²) in [5.74, 6) is 1.04. The van der Waals surface area contributed by atoms with Gasteiger partial charge >= 0.3 is 72.1 Å². The van der Waals surface area contributed by atoms with Gasteiger partial charge in [-0.15, -0.1) is 0 Å². The topological polar surface area (TPSA) is 9.23 Å². The van der Waals surface area contributed by atoms with Gasteiger partial charge in [-0.3, -0.25) is 0 Å². The average Bonchev–Trinajstić information content (AvgIpc) is 1.94. The Morgan fingerprint density at radius 2 is 2.00 bits per heavy atom.